The van der Waals surface area contributed by atoms with Crippen LogP contribution in [-0.2, 0) is 4.79 Å². The summed E-state index contributed by atoms with van der Waals surface area (Å²) in [7, 11) is 1.57. The molecule has 162 valence electrons. The Bertz CT molecular complexity index is 1180. The molecule has 0 aromatic heterocycles. The van der Waals surface area contributed by atoms with Crippen LogP contribution in [0.3, 0.4) is 0 Å². The van der Waals surface area contributed by atoms with Gasteiger partial charge in [0.05, 0.1) is 17.7 Å². The van der Waals surface area contributed by atoms with Gasteiger partial charge in [0.15, 0.2) is 6.04 Å². The van der Waals surface area contributed by atoms with Crippen molar-refractivity contribution in [1.29, 1.82) is 0 Å². The SMILES string of the molecule is COc1ccc([C@@H]2[C@@H](NC(=O)c3ccc(F)cc3)C(=O)N/[N+]2=C\c2ccccc2Cl)cc1. The molecule has 8 heteroatoms. The third-order valence-corrected chi connectivity index (χ3v) is 5.52. The maximum atomic E-state index is 13.2. The van der Waals surface area contributed by atoms with E-state index in [9.17, 15) is 14.0 Å². The Hall–Kier alpha value is -3.71. The Kier molecular flexibility index (Phi) is 6.18. The number of methoxy groups -OCH3 is 1. The van der Waals surface area contributed by atoms with Crippen molar-refractivity contribution in [1.82, 2.24) is 10.7 Å². The van der Waals surface area contributed by atoms with Gasteiger partial charge in [0.2, 0.25) is 12.3 Å². The molecular weight excluding hydrogens is 433 g/mol. The lowest BCUT2D eigenvalue weighted by atomic mass is 9.99. The highest BCUT2D eigenvalue weighted by molar-refractivity contribution is 6.32. The lowest BCUT2D eigenvalue weighted by molar-refractivity contribution is -0.596. The van der Waals surface area contributed by atoms with Crippen LogP contribution in [0.2, 0.25) is 5.02 Å². The summed E-state index contributed by atoms with van der Waals surface area (Å²) in [5.41, 5.74) is 4.53. The second-order valence-electron chi connectivity index (χ2n) is 7.21. The quantitative estimate of drug-likeness (QED) is 0.582. The summed E-state index contributed by atoms with van der Waals surface area (Å²) in [6.07, 6.45) is 1.72. The van der Waals surface area contributed by atoms with E-state index < -0.39 is 23.8 Å². The topological polar surface area (TPSA) is 70.4 Å². The van der Waals surface area contributed by atoms with Crippen LogP contribution in [0.4, 0.5) is 4.39 Å². The second-order valence-corrected chi connectivity index (χ2v) is 7.62. The summed E-state index contributed by atoms with van der Waals surface area (Å²) in [5.74, 6) is -0.649. The van der Waals surface area contributed by atoms with Crippen LogP contribution in [0.25, 0.3) is 0 Å². The predicted molar refractivity (Wildman–Crippen MR) is 118 cm³/mol. The van der Waals surface area contributed by atoms with E-state index >= 15 is 0 Å². The number of amides is 2. The van der Waals surface area contributed by atoms with Gasteiger partial charge in [-0.25, -0.2) is 4.39 Å². The summed E-state index contributed by atoms with van der Waals surface area (Å²) in [4.78, 5) is 25.7. The summed E-state index contributed by atoms with van der Waals surface area (Å²) in [6.45, 7) is 0. The van der Waals surface area contributed by atoms with E-state index in [-0.39, 0.29) is 11.5 Å². The van der Waals surface area contributed by atoms with Crippen molar-refractivity contribution in [3.63, 3.8) is 0 Å². The minimum atomic E-state index is -0.903. The smallest absolute Gasteiger partial charge is 0.304 e. The molecule has 0 aliphatic carbocycles. The summed E-state index contributed by atoms with van der Waals surface area (Å²) >= 11 is 6.30. The fourth-order valence-corrected chi connectivity index (χ4v) is 3.72. The maximum absolute atomic E-state index is 13.2. The van der Waals surface area contributed by atoms with Gasteiger partial charge < -0.3 is 10.1 Å². The predicted octanol–water partition coefficient (Wildman–Crippen LogP) is 3.50. The number of benzene rings is 3. The van der Waals surface area contributed by atoms with Gasteiger partial charge >= 0.3 is 5.91 Å². The minimum Gasteiger partial charge on any atom is -0.497 e. The number of rotatable bonds is 5. The van der Waals surface area contributed by atoms with Crippen LogP contribution in [0.5, 0.6) is 5.75 Å². The molecule has 1 fully saturated rings. The molecule has 2 atom stereocenters. The molecule has 0 radical (unpaired) electrons. The normalized spacial score (nSPS) is 19.0. The molecule has 6 nitrogen and oxygen atoms in total. The van der Waals surface area contributed by atoms with E-state index in [1.165, 1.54) is 24.3 Å². The lowest BCUT2D eigenvalue weighted by Crippen LogP contribution is -2.42. The molecular formula is C24H20ClFN3O3+. The Morgan fingerprint density at radius 3 is 2.44 bits per heavy atom. The number of hydrogen-bond acceptors (Lipinski definition) is 3. The fraction of sp³-hybridized carbons (Fsp3) is 0.125. The first kappa shape index (κ1) is 21.5. The van der Waals surface area contributed by atoms with Gasteiger partial charge in [-0.2, -0.15) is 0 Å². The average molecular weight is 453 g/mol. The number of carbonyl (C=O) groups excluding carboxylic acids is 2. The zero-order valence-corrected chi connectivity index (χ0v) is 17.8. The largest absolute Gasteiger partial charge is 0.497 e. The van der Waals surface area contributed by atoms with E-state index in [1.54, 1.807) is 36.2 Å². The molecule has 1 saturated heterocycles. The molecule has 3 aromatic rings. The van der Waals surface area contributed by atoms with Crippen molar-refractivity contribution in [2.75, 3.05) is 7.11 Å². The van der Waals surface area contributed by atoms with Crippen LogP contribution < -0.4 is 15.5 Å². The lowest BCUT2D eigenvalue weighted by Gasteiger charge is -2.15. The standard InChI is InChI=1S/C24H19ClFN3O3/c1-32-19-12-8-15(9-13-19)22-21(27-23(30)16-6-10-18(26)11-7-16)24(31)28-29(22)14-17-4-2-3-5-20(17)25/h2-14,21-22H,1H3,(H-,27,28,30,31)/p+1/b29-14-/t21-,22-/m1/s1. The monoisotopic (exact) mass is 452 g/mol. The number of ether oxygens (including phenoxy) is 1. The maximum Gasteiger partial charge on any atom is 0.304 e. The van der Waals surface area contributed by atoms with Crippen LogP contribution in [0.1, 0.15) is 27.5 Å². The molecule has 0 spiro atoms. The highest BCUT2D eigenvalue weighted by Crippen LogP contribution is 2.27. The van der Waals surface area contributed by atoms with Crippen molar-refractivity contribution >= 4 is 29.6 Å². The molecule has 1 aliphatic rings. The molecule has 3 aromatic carbocycles. The zero-order valence-electron chi connectivity index (χ0n) is 17.1. The van der Waals surface area contributed by atoms with Crippen LogP contribution in [-0.4, -0.2) is 35.9 Å². The van der Waals surface area contributed by atoms with Crippen molar-refractivity contribution in [3.05, 3.63) is 100 Å². The van der Waals surface area contributed by atoms with Crippen LogP contribution in [0, 0.1) is 5.82 Å². The van der Waals surface area contributed by atoms with Crippen LogP contribution >= 0.6 is 11.6 Å². The Labute approximate surface area is 189 Å². The van der Waals surface area contributed by atoms with Crippen molar-refractivity contribution in [3.8, 4) is 5.75 Å². The van der Waals surface area contributed by atoms with Gasteiger partial charge in [-0.3, -0.25) is 9.59 Å². The van der Waals surface area contributed by atoms with Gasteiger partial charge in [-0.15, -0.1) is 10.1 Å². The van der Waals surface area contributed by atoms with Crippen molar-refractivity contribution < 1.29 is 23.4 Å². The minimum absolute atomic E-state index is 0.251. The second kappa shape index (κ2) is 9.20. The zero-order chi connectivity index (χ0) is 22.7. The first-order valence-corrected chi connectivity index (χ1v) is 10.2. The average Bonchev–Trinajstić information content (AvgIpc) is 3.10. The molecule has 0 unspecified atom stereocenters. The molecule has 2 amide bonds. The molecule has 0 saturated carbocycles. The number of hydrazone groups is 1. The number of hydrogen-bond donors (Lipinski definition) is 2. The highest BCUT2D eigenvalue weighted by Gasteiger charge is 2.47. The van der Waals surface area contributed by atoms with Crippen molar-refractivity contribution in [2.24, 2.45) is 0 Å². The Morgan fingerprint density at radius 2 is 1.78 bits per heavy atom. The molecule has 32 heavy (non-hydrogen) atoms. The first-order chi connectivity index (χ1) is 15.5. The first-order valence-electron chi connectivity index (χ1n) is 9.85. The third-order valence-electron chi connectivity index (χ3n) is 5.17. The number of carbonyl (C=O) groups is 2. The number of nitrogens with zero attached hydrogens (tertiary/aromatic N) is 1. The summed E-state index contributed by atoms with van der Waals surface area (Å²) in [5, 5.41) is 3.29. The van der Waals surface area contributed by atoms with E-state index in [2.05, 4.69) is 10.7 Å². The van der Waals surface area contributed by atoms with Crippen molar-refractivity contribution in [2.45, 2.75) is 12.1 Å². The highest BCUT2D eigenvalue weighted by atomic mass is 35.5. The molecule has 4 rings (SSSR count). The van der Waals surface area contributed by atoms with Crippen LogP contribution in [0.15, 0.2) is 72.8 Å². The summed E-state index contributed by atoms with van der Waals surface area (Å²) in [6, 6.07) is 18.1. The number of halogens is 2. The van der Waals surface area contributed by atoms with E-state index in [0.717, 1.165) is 5.56 Å². The number of nitrogens with one attached hydrogen (secondary N) is 2. The number of hydrazine groups is 1. The molecule has 1 heterocycles. The Morgan fingerprint density at radius 1 is 1.09 bits per heavy atom. The molecule has 2 N–H and O–H groups in total. The fourth-order valence-electron chi connectivity index (χ4n) is 3.54. The Balaban J connectivity index is 1.71. The van der Waals surface area contributed by atoms with Gasteiger partial charge in [0.1, 0.15) is 11.6 Å². The van der Waals surface area contributed by atoms with E-state index in [4.69, 9.17) is 16.3 Å². The van der Waals surface area contributed by atoms with Gasteiger partial charge in [-0.1, -0.05) is 23.7 Å². The van der Waals surface area contributed by atoms with Gasteiger partial charge in [0.25, 0.3) is 5.91 Å². The van der Waals surface area contributed by atoms with Gasteiger partial charge in [-0.05, 0) is 60.7 Å². The third kappa shape index (κ3) is 4.48. The molecule has 1 aliphatic heterocycles. The summed E-state index contributed by atoms with van der Waals surface area (Å²) < 4.78 is 20.1. The van der Waals surface area contributed by atoms with E-state index in [0.29, 0.717) is 16.3 Å². The molecule has 0 bridgehead atoms. The van der Waals surface area contributed by atoms with Gasteiger partial charge in [0, 0.05) is 11.1 Å². The van der Waals surface area contributed by atoms with E-state index in [1.807, 2.05) is 30.3 Å².